The molecule has 0 saturated carbocycles. The Labute approximate surface area is 232 Å². The zero-order valence-corrected chi connectivity index (χ0v) is 22.9. The summed E-state index contributed by atoms with van der Waals surface area (Å²) in [5, 5.41) is 15.6. The molecular formula is C31H32N6O3. The Bertz CT molecular complexity index is 1720. The molecule has 9 heteroatoms. The third-order valence-corrected chi connectivity index (χ3v) is 7.12. The van der Waals surface area contributed by atoms with E-state index in [1.165, 1.54) is 0 Å². The lowest BCUT2D eigenvalue weighted by Gasteiger charge is -2.37. The summed E-state index contributed by atoms with van der Waals surface area (Å²) >= 11 is 0. The molecule has 1 aliphatic rings. The van der Waals surface area contributed by atoms with Crippen LogP contribution in [0, 0.1) is 0 Å². The summed E-state index contributed by atoms with van der Waals surface area (Å²) in [5.41, 5.74) is 3.70. The van der Waals surface area contributed by atoms with Crippen LogP contribution in [0.15, 0.2) is 84.0 Å². The number of aryl methyl sites for hydroxylation is 1. The summed E-state index contributed by atoms with van der Waals surface area (Å²) in [7, 11) is 1.75. The van der Waals surface area contributed by atoms with Crippen molar-refractivity contribution in [1.82, 2.24) is 24.3 Å². The van der Waals surface area contributed by atoms with Gasteiger partial charge in [-0.2, -0.15) is 5.10 Å². The van der Waals surface area contributed by atoms with Crippen molar-refractivity contribution in [3.05, 3.63) is 95.2 Å². The number of ether oxygens (including phenoxy) is 1. The van der Waals surface area contributed by atoms with Crippen LogP contribution < -0.4 is 10.5 Å². The van der Waals surface area contributed by atoms with Crippen LogP contribution >= 0.6 is 0 Å². The third kappa shape index (κ3) is 5.25. The number of morpholine rings is 1. The fourth-order valence-corrected chi connectivity index (χ4v) is 5.18. The van der Waals surface area contributed by atoms with Crippen molar-refractivity contribution in [2.45, 2.75) is 32.0 Å². The molecule has 40 heavy (non-hydrogen) atoms. The number of pyridine rings is 1. The Morgan fingerprint density at radius 1 is 1.00 bits per heavy atom. The van der Waals surface area contributed by atoms with Gasteiger partial charge in [0.1, 0.15) is 5.82 Å². The fraction of sp³-hybridized carbons (Fsp3) is 0.290. The van der Waals surface area contributed by atoms with E-state index in [0.29, 0.717) is 32.1 Å². The van der Waals surface area contributed by atoms with E-state index in [9.17, 15) is 9.90 Å². The van der Waals surface area contributed by atoms with Gasteiger partial charge in [0.05, 0.1) is 48.7 Å². The van der Waals surface area contributed by atoms with Gasteiger partial charge in [0, 0.05) is 37.4 Å². The largest absolute Gasteiger partial charge is 0.389 e. The molecule has 0 spiro atoms. The van der Waals surface area contributed by atoms with Crippen LogP contribution in [0.25, 0.3) is 33.4 Å². The Morgan fingerprint density at radius 3 is 2.58 bits per heavy atom. The second-order valence-corrected chi connectivity index (χ2v) is 10.9. The Hall–Kier alpha value is -4.34. The van der Waals surface area contributed by atoms with E-state index in [-0.39, 0.29) is 11.6 Å². The second kappa shape index (κ2) is 10.3. The molecule has 0 bridgehead atoms. The van der Waals surface area contributed by atoms with E-state index in [2.05, 4.69) is 28.2 Å². The Morgan fingerprint density at radius 2 is 1.80 bits per heavy atom. The van der Waals surface area contributed by atoms with Gasteiger partial charge in [-0.1, -0.05) is 36.4 Å². The molecule has 5 aromatic rings. The highest BCUT2D eigenvalue weighted by Gasteiger charge is 2.28. The molecule has 1 saturated heterocycles. The number of aliphatic hydroxyl groups is 1. The third-order valence-electron chi connectivity index (χ3n) is 7.12. The first kappa shape index (κ1) is 25.9. The van der Waals surface area contributed by atoms with Crippen molar-refractivity contribution in [2.75, 3.05) is 24.7 Å². The van der Waals surface area contributed by atoms with Gasteiger partial charge in [0.2, 0.25) is 5.56 Å². The van der Waals surface area contributed by atoms with Crippen LogP contribution in [0.1, 0.15) is 25.5 Å². The lowest BCUT2D eigenvalue weighted by Crippen LogP contribution is -2.40. The van der Waals surface area contributed by atoms with Crippen LogP contribution in [0.4, 0.5) is 5.82 Å². The summed E-state index contributed by atoms with van der Waals surface area (Å²) in [6, 6.07) is 19.9. The predicted molar refractivity (Wildman–Crippen MR) is 155 cm³/mol. The quantitative estimate of drug-likeness (QED) is 0.347. The highest BCUT2D eigenvalue weighted by molar-refractivity contribution is 5.94. The van der Waals surface area contributed by atoms with E-state index < -0.39 is 5.60 Å². The Balaban J connectivity index is 1.52. The van der Waals surface area contributed by atoms with Gasteiger partial charge in [0.15, 0.2) is 5.82 Å². The van der Waals surface area contributed by atoms with Crippen molar-refractivity contribution in [1.29, 1.82) is 0 Å². The molecule has 1 atom stereocenters. The predicted octanol–water partition coefficient (Wildman–Crippen LogP) is 4.21. The molecule has 0 aliphatic carbocycles. The maximum Gasteiger partial charge on any atom is 0.250 e. The number of nitrogens with zero attached hydrogens (tertiary/aromatic N) is 6. The van der Waals surface area contributed by atoms with Crippen molar-refractivity contribution in [3.63, 3.8) is 0 Å². The zero-order valence-electron chi connectivity index (χ0n) is 22.9. The first-order valence-corrected chi connectivity index (χ1v) is 13.4. The van der Waals surface area contributed by atoms with E-state index in [1.54, 1.807) is 42.4 Å². The molecule has 4 heterocycles. The number of anilines is 1. The molecule has 3 aromatic heterocycles. The van der Waals surface area contributed by atoms with E-state index in [4.69, 9.17) is 14.7 Å². The van der Waals surface area contributed by atoms with Crippen molar-refractivity contribution >= 4 is 16.7 Å². The molecule has 0 amide bonds. The molecule has 6 rings (SSSR count). The summed E-state index contributed by atoms with van der Waals surface area (Å²) < 4.78 is 9.23. The molecule has 9 nitrogen and oxygen atoms in total. The molecular weight excluding hydrogens is 504 g/mol. The standard InChI is InChI=1S/C31H32N6O3/c1-31(2,39)20-36-18-24(16-32-36)29-33-26-11-9-22(23-10-12-28(38)35(3)17-23)15-25(26)30(34-29)37-13-14-40-19-27(37)21-7-5-4-6-8-21/h4-12,15-18,27,39H,13-14,19-20H2,1-3H3/t27-/m1/s1. The fourth-order valence-electron chi connectivity index (χ4n) is 5.18. The van der Waals surface area contributed by atoms with Gasteiger partial charge in [0.25, 0.3) is 0 Å². The second-order valence-electron chi connectivity index (χ2n) is 10.9. The molecule has 0 unspecified atom stereocenters. The first-order valence-electron chi connectivity index (χ1n) is 13.4. The van der Waals surface area contributed by atoms with Gasteiger partial charge >= 0.3 is 0 Å². The molecule has 1 fully saturated rings. The highest BCUT2D eigenvalue weighted by atomic mass is 16.5. The van der Waals surface area contributed by atoms with Crippen LogP contribution in [-0.2, 0) is 18.3 Å². The van der Waals surface area contributed by atoms with E-state index in [1.807, 2.05) is 48.8 Å². The lowest BCUT2D eigenvalue weighted by atomic mass is 10.0. The number of fused-ring (bicyclic) bond motifs is 1. The molecule has 0 radical (unpaired) electrons. The van der Waals surface area contributed by atoms with Gasteiger partial charge < -0.3 is 19.3 Å². The molecule has 1 N–H and O–H groups in total. The average Bonchev–Trinajstić information content (AvgIpc) is 3.41. The van der Waals surface area contributed by atoms with E-state index >= 15 is 0 Å². The molecule has 1 aliphatic heterocycles. The summed E-state index contributed by atoms with van der Waals surface area (Å²) in [4.78, 5) is 24.4. The monoisotopic (exact) mass is 536 g/mol. The van der Waals surface area contributed by atoms with E-state index in [0.717, 1.165) is 39.0 Å². The van der Waals surface area contributed by atoms with Crippen molar-refractivity contribution < 1.29 is 9.84 Å². The minimum Gasteiger partial charge on any atom is -0.389 e. The summed E-state index contributed by atoms with van der Waals surface area (Å²) in [6.07, 6.45) is 5.45. The summed E-state index contributed by atoms with van der Waals surface area (Å²) in [6.45, 7) is 5.68. The molecule has 2 aromatic carbocycles. The van der Waals surface area contributed by atoms with Crippen molar-refractivity contribution in [2.24, 2.45) is 7.05 Å². The van der Waals surface area contributed by atoms with Gasteiger partial charge in [-0.05, 0) is 48.7 Å². The number of aromatic nitrogens is 5. The zero-order chi connectivity index (χ0) is 27.9. The number of benzene rings is 2. The topological polar surface area (TPSA) is 98.3 Å². The smallest absolute Gasteiger partial charge is 0.250 e. The lowest BCUT2D eigenvalue weighted by molar-refractivity contribution is 0.0577. The van der Waals surface area contributed by atoms with Crippen molar-refractivity contribution in [3.8, 4) is 22.5 Å². The SMILES string of the molecule is Cn1cc(-c2ccc3nc(-c4cnn(CC(C)(C)O)c4)nc(N4CCOC[C@@H]4c4ccccc4)c3c2)ccc1=O. The minimum atomic E-state index is -0.896. The van der Waals surface area contributed by atoms with Gasteiger partial charge in [-0.25, -0.2) is 9.97 Å². The normalized spacial score (nSPS) is 16.0. The minimum absolute atomic E-state index is 0.0139. The average molecular weight is 537 g/mol. The summed E-state index contributed by atoms with van der Waals surface area (Å²) in [5.74, 6) is 1.39. The highest BCUT2D eigenvalue weighted by Crippen LogP contribution is 2.36. The first-order chi connectivity index (χ1) is 19.2. The number of hydrogen-bond acceptors (Lipinski definition) is 7. The maximum absolute atomic E-state index is 12.0. The number of rotatable bonds is 6. The Kier molecular flexibility index (Phi) is 6.69. The maximum atomic E-state index is 12.0. The van der Waals surface area contributed by atoms with Gasteiger partial charge in [-0.15, -0.1) is 0 Å². The van der Waals surface area contributed by atoms with Gasteiger partial charge in [-0.3, -0.25) is 9.48 Å². The number of hydrogen-bond donors (Lipinski definition) is 1. The molecule has 204 valence electrons. The van der Waals surface area contributed by atoms with Crippen LogP contribution in [-0.4, -0.2) is 54.8 Å². The van der Waals surface area contributed by atoms with Crippen LogP contribution in [0.5, 0.6) is 0 Å². The van der Waals surface area contributed by atoms with Crippen LogP contribution in [0.2, 0.25) is 0 Å². The van der Waals surface area contributed by atoms with Crippen LogP contribution in [0.3, 0.4) is 0 Å².